The average Bonchev–Trinajstić information content (AvgIpc) is 2.85. The second kappa shape index (κ2) is 5.95. The molecule has 0 saturated heterocycles. The monoisotopic (exact) mass is 280 g/mol. The summed E-state index contributed by atoms with van der Waals surface area (Å²) in [6, 6.07) is 12.3. The molecule has 3 rings (SSSR count). The van der Waals surface area contributed by atoms with Crippen LogP contribution in [0.15, 0.2) is 42.6 Å². The Bertz CT molecular complexity index is 745. The van der Waals surface area contributed by atoms with Crippen LogP contribution < -0.4 is 5.32 Å². The molecule has 1 N–H and O–H groups in total. The molecular formula is C17H20N4. The zero-order chi connectivity index (χ0) is 14.7. The summed E-state index contributed by atoms with van der Waals surface area (Å²) < 4.78 is 2.30. The molecule has 21 heavy (non-hydrogen) atoms. The summed E-state index contributed by atoms with van der Waals surface area (Å²) in [5, 5.41) is 3.44. The van der Waals surface area contributed by atoms with Gasteiger partial charge in [0.2, 0.25) is 0 Å². The van der Waals surface area contributed by atoms with Crippen molar-refractivity contribution in [3.63, 3.8) is 0 Å². The van der Waals surface area contributed by atoms with Crippen molar-refractivity contribution >= 4 is 16.7 Å². The number of hydrogen-bond donors (Lipinski definition) is 1. The van der Waals surface area contributed by atoms with Crippen LogP contribution in [0, 0.1) is 6.92 Å². The van der Waals surface area contributed by atoms with Crippen LogP contribution in [0.25, 0.3) is 11.0 Å². The van der Waals surface area contributed by atoms with Gasteiger partial charge in [0, 0.05) is 12.7 Å². The van der Waals surface area contributed by atoms with Crippen molar-refractivity contribution in [3.8, 4) is 0 Å². The van der Waals surface area contributed by atoms with E-state index in [4.69, 9.17) is 4.98 Å². The number of anilines is 1. The van der Waals surface area contributed by atoms with Crippen molar-refractivity contribution in [3.05, 3.63) is 54.1 Å². The van der Waals surface area contributed by atoms with E-state index in [1.807, 2.05) is 25.3 Å². The van der Waals surface area contributed by atoms with Gasteiger partial charge < -0.3 is 9.88 Å². The number of aromatic nitrogens is 3. The molecule has 3 aromatic rings. The van der Waals surface area contributed by atoms with Crippen molar-refractivity contribution in [2.24, 2.45) is 0 Å². The number of imidazole rings is 1. The van der Waals surface area contributed by atoms with E-state index in [0.29, 0.717) is 6.54 Å². The maximum absolute atomic E-state index is 4.76. The second-order valence-electron chi connectivity index (χ2n) is 5.16. The van der Waals surface area contributed by atoms with E-state index in [1.54, 1.807) is 0 Å². The molecule has 4 nitrogen and oxygen atoms in total. The molecule has 2 heterocycles. The third-order valence-corrected chi connectivity index (χ3v) is 3.62. The number of rotatable bonds is 5. The molecule has 0 bridgehead atoms. The second-order valence-corrected chi connectivity index (χ2v) is 5.16. The van der Waals surface area contributed by atoms with E-state index in [0.717, 1.165) is 35.7 Å². The third kappa shape index (κ3) is 2.75. The van der Waals surface area contributed by atoms with E-state index in [9.17, 15) is 0 Å². The Hall–Kier alpha value is -2.36. The molecule has 0 unspecified atom stereocenters. The fraction of sp³-hybridized carbons (Fsp3) is 0.294. The Morgan fingerprint density at radius 1 is 1.14 bits per heavy atom. The van der Waals surface area contributed by atoms with Crippen LogP contribution in [0.2, 0.25) is 0 Å². The van der Waals surface area contributed by atoms with Crippen LogP contribution in [0.5, 0.6) is 0 Å². The minimum Gasteiger partial charge on any atom is -0.376 e. The summed E-state index contributed by atoms with van der Waals surface area (Å²) in [4.78, 5) is 9.06. The van der Waals surface area contributed by atoms with Gasteiger partial charge in [-0.3, -0.25) is 4.98 Å². The standard InChI is InChI=1S/C17H20N4/c1-3-11-21-16-9-5-4-7-15(16)20-17(21)12-19-14-8-6-10-18-13(14)2/h4-10,19H,3,11-12H2,1-2H3. The van der Waals surface area contributed by atoms with Crippen LogP contribution in [-0.2, 0) is 13.1 Å². The lowest BCUT2D eigenvalue weighted by Gasteiger charge is -2.10. The van der Waals surface area contributed by atoms with Crippen LogP contribution >= 0.6 is 0 Å². The molecule has 0 atom stereocenters. The van der Waals surface area contributed by atoms with E-state index in [2.05, 4.69) is 46.1 Å². The normalized spacial score (nSPS) is 11.0. The first kappa shape index (κ1) is 13.6. The largest absolute Gasteiger partial charge is 0.376 e. The quantitative estimate of drug-likeness (QED) is 0.773. The molecule has 0 aliphatic rings. The molecule has 0 aliphatic heterocycles. The first-order valence-electron chi connectivity index (χ1n) is 7.39. The number of hydrogen-bond acceptors (Lipinski definition) is 3. The highest BCUT2D eigenvalue weighted by Crippen LogP contribution is 2.18. The molecule has 0 amide bonds. The van der Waals surface area contributed by atoms with E-state index < -0.39 is 0 Å². The van der Waals surface area contributed by atoms with Gasteiger partial charge in [-0.2, -0.15) is 0 Å². The maximum atomic E-state index is 4.76. The average molecular weight is 280 g/mol. The van der Waals surface area contributed by atoms with Gasteiger partial charge in [-0.1, -0.05) is 19.1 Å². The molecule has 1 aromatic carbocycles. The minimum absolute atomic E-state index is 0.710. The lowest BCUT2D eigenvalue weighted by molar-refractivity contribution is 0.661. The van der Waals surface area contributed by atoms with Gasteiger partial charge >= 0.3 is 0 Å². The predicted octanol–water partition coefficient (Wildman–Crippen LogP) is 3.76. The number of fused-ring (bicyclic) bond motifs is 1. The van der Waals surface area contributed by atoms with Crippen LogP contribution in [-0.4, -0.2) is 14.5 Å². The molecule has 2 aromatic heterocycles. The van der Waals surface area contributed by atoms with Gasteiger partial charge in [-0.25, -0.2) is 4.98 Å². The summed E-state index contributed by atoms with van der Waals surface area (Å²) in [6.07, 6.45) is 2.91. The Kier molecular flexibility index (Phi) is 3.86. The summed E-state index contributed by atoms with van der Waals surface area (Å²) in [7, 11) is 0. The van der Waals surface area contributed by atoms with E-state index in [1.165, 1.54) is 5.52 Å². The highest BCUT2D eigenvalue weighted by molar-refractivity contribution is 5.76. The van der Waals surface area contributed by atoms with Gasteiger partial charge in [-0.05, 0) is 37.6 Å². The fourth-order valence-electron chi connectivity index (χ4n) is 2.58. The first-order valence-corrected chi connectivity index (χ1v) is 7.39. The number of benzene rings is 1. The van der Waals surface area contributed by atoms with Crippen molar-refractivity contribution in [2.75, 3.05) is 5.32 Å². The molecular weight excluding hydrogens is 260 g/mol. The van der Waals surface area contributed by atoms with Crippen LogP contribution in [0.4, 0.5) is 5.69 Å². The van der Waals surface area contributed by atoms with Gasteiger partial charge in [-0.15, -0.1) is 0 Å². The summed E-state index contributed by atoms with van der Waals surface area (Å²) in [5.74, 6) is 1.07. The Morgan fingerprint density at radius 3 is 2.81 bits per heavy atom. The minimum atomic E-state index is 0.710. The topological polar surface area (TPSA) is 42.7 Å². The molecule has 0 fully saturated rings. The number of pyridine rings is 1. The van der Waals surface area contributed by atoms with Gasteiger partial charge in [0.1, 0.15) is 5.82 Å². The fourth-order valence-corrected chi connectivity index (χ4v) is 2.58. The lowest BCUT2D eigenvalue weighted by Crippen LogP contribution is -2.09. The molecule has 108 valence electrons. The van der Waals surface area contributed by atoms with E-state index >= 15 is 0 Å². The lowest BCUT2D eigenvalue weighted by atomic mass is 10.3. The molecule has 0 aliphatic carbocycles. The number of nitrogens with zero attached hydrogens (tertiary/aromatic N) is 3. The van der Waals surface area contributed by atoms with Crippen LogP contribution in [0.3, 0.4) is 0 Å². The molecule has 0 saturated carbocycles. The molecule has 4 heteroatoms. The molecule has 0 radical (unpaired) electrons. The van der Waals surface area contributed by atoms with Crippen molar-refractivity contribution < 1.29 is 0 Å². The summed E-state index contributed by atoms with van der Waals surface area (Å²) in [6.45, 7) is 5.90. The van der Waals surface area contributed by atoms with E-state index in [-0.39, 0.29) is 0 Å². The van der Waals surface area contributed by atoms with Crippen molar-refractivity contribution in [1.29, 1.82) is 0 Å². The maximum Gasteiger partial charge on any atom is 0.129 e. The zero-order valence-electron chi connectivity index (χ0n) is 12.5. The first-order chi connectivity index (χ1) is 10.3. The highest BCUT2D eigenvalue weighted by atomic mass is 15.1. The highest BCUT2D eigenvalue weighted by Gasteiger charge is 2.09. The number of aryl methyl sites for hydroxylation is 2. The SMILES string of the molecule is CCCn1c(CNc2cccnc2C)nc2ccccc21. The Balaban J connectivity index is 1.89. The summed E-state index contributed by atoms with van der Waals surface area (Å²) >= 11 is 0. The Labute approximate surface area is 124 Å². The van der Waals surface area contributed by atoms with Gasteiger partial charge in [0.25, 0.3) is 0 Å². The zero-order valence-corrected chi connectivity index (χ0v) is 12.5. The van der Waals surface area contributed by atoms with Crippen LogP contribution in [0.1, 0.15) is 24.9 Å². The number of para-hydroxylation sites is 2. The third-order valence-electron chi connectivity index (χ3n) is 3.62. The van der Waals surface area contributed by atoms with Gasteiger partial charge in [0.15, 0.2) is 0 Å². The smallest absolute Gasteiger partial charge is 0.129 e. The number of nitrogens with one attached hydrogen (secondary N) is 1. The van der Waals surface area contributed by atoms with Crippen molar-refractivity contribution in [1.82, 2.24) is 14.5 Å². The van der Waals surface area contributed by atoms with Crippen molar-refractivity contribution in [2.45, 2.75) is 33.4 Å². The Morgan fingerprint density at radius 2 is 2.00 bits per heavy atom. The predicted molar refractivity (Wildman–Crippen MR) is 86.3 cm³/mol. The van der Waals surface area contributed by atoms with Gasteiger partial charge in [0.05, 0.1) is 29.0 Å². The molecule has 0 spiro atoms. The summed E-state index contributed by atoms with van der Waals surface area (Å²) in [5.41, 5.74) is 4.34.